The molecule has 82 valence electrons. The van der Waals surface area contributed by atoms with Gasteiger partial charge in [-0.1, -0.05) is 12.1 Å². The van der Waals surface area contributed by atoms with Crippen LogP contribution in [0.4, 0.5) is 4.39 Å². The number of hydrogen-bond acceptors (Lipinski definition) is 2. The quantitative estimate of drug-likeness (QED) is 0.853. The van der Waals surface area contributed by atoms with Crippen LogP contribution in [0.3, 0.4) is 0 Å². The Bertz CT molecular complexity index is 483. The van der Waals surface area contributed by atoms with Gasteiger partial charge in [0.1, 0.15) is 5.82 Å². The highest BCUT2D eigenvalue weighted by atomic mass is 19.1. The zero-order valence-corrected chi connectivity index (χ0v) is 9.07. The third-order valence-corrected chi connectivity index (χ3v) is 2.36. The third-order valence-electron chi connectivity index (χ3n) is 2.36. The highest BCUT2D eigenvalue weighted by molar-refractivity contribution is 5.60. The first kappa shape index (κ1) is 10.8. The van der Waals surface area contributed by atoms with E-state index in [1.165, 1.54) is 6.07 Å². The summed E-state index contributed by atoms with van der Waals surface area (Å²) in [5.41, 5.74) is 2.31. The van der Waals surface area contributed by atoms with Crippen LogP contribution >= 0.6 is 0 Å². The lowest BCUT2D eigenvalue weighted by molar-refractivity contribution is 0.630. The van der Waals surface area contributed by atoms with Crippen molar-refractivity contribution >= 4 is 0 Å². The molecule has 0 aliphatic rings. The number of aromatic nitrogens is 1. The fourth-order valence-electron chi connectivity index (χ4n) is 1.60. The highest BCUT2D eigenvalue weighted by Gasteiger charge is 2.05. The highest BCUT2D eigenvalue weighted by Crippen LogP contribution is 2.20. The average Bonchev–Trinajstić information content (AvgIpc) is 2.30. The van der Waals surface area contributed by atoms with E-state index in [9.17, 15) is 4.39 Å². The van der Waals surface area contributed by atoms with Gasteiger partial charge >= 0.3 is 0 Å². The molecule has 2 aromatic rings. The molecule has 0 saturated carbocycles. The minimum atomic E-state index is -0.239. The molecule has 0 spiro atoms. The van der Waals surface area contributed by atoms with Gasteiger partial charge in [-0.05, 0) is 36.9 Å². The van der Waals surface area contributed by atoms with Crippen molar-refractivity contribution in [1.82, 2.24) is 10.3 Å². The molecule has 1 N–H and O–H groups in total. The van der Waals surface area contributed by atoms with Crippen molar-refractivity contribution < 1.29 is 4.39 Å². The average molecular weight is 216 g/mol. The molecule has 0 aliphatic carbocycles. The fraction of sp³-hybridized carbons (Fsp3) is 0.154. The fourth-order valence-corrected chi connectivity index (χ4v) is 1.60. The zero-order chi connectivity index (χ0) is 11.4. The van der Waals surface area contributed by atoms with Crippen LogP contribution in [0, 0.1) is 5.82 Å². The Kier molecular flexibility index (Phi) is 3.27. The number of hydrogen-bond donors (Lipinski definition) is 1. The molecule has 0 radical (unpaired) electrons. The summed E-state index contributed by atoms with van der Waals surface area (Å²) in [7, 11) is 1.88. The molecule has 3 heteroatoms. The van der Waals surface area contributed by atoms with Crippen LogP contribution in [-0.2, 0) is 6.54 Å². The van der Waals surface area contributed by atoms with Gasteiger partial charge in [-0.25, -0.2) is 4.39 Å². The van der Waals surface area contributed by atoms with Gasteiger partial charge in [-0.15, -0.1) is 0 Å². The predicted molar refractivity (Wildman–Crippen MR) is 62.4 cm³/mol. The van der Waals surface area contributed by atoms with Crippen molar-refractivity contribution in [3.63, 3.8) is 0 Å². The maximum absolute atomic E-state index is 13.5. The Morgan fingerprint density at radius 2 is 2.06 bits per heavy atom. The summed E-state index contributed by atoms with van der Waals surface area (Å²) in [4.78, 5) is 4.18. The van der Waals surface area contributed by atoms with Gasteiger partial charge in [0, 0.05) is 18.3 Å². The smallest absolute Gasteiger partial charge is 0.132 e. The maximum atomic E-state index is 13.5. The second-order valence-corrected chi connectivity index (χ2v) is 3.56. The van der Waals surface area contributed by atoms with Gasteiger partial charge < -0.3 is 5.32 Å². The molecule has 0 amide bonds. The SMILES string of the molecule is CNCc1ccnc(-c2ccccc2F)c1. The van der Waals surface area contributed by atoms with Gasteiger partial charge in [0.2, 0.25) is 0 Å². The molecule has 2 rings (SSSR count). The number of nitrogens with zero attached hydrogens (tertiary/aromatic N) is 1. The van der Waals surface area contributed by atoms with Crippen molar-refractivity contribution in [3.8, 4) is 11.3 Å². The van der Waals surface area contributed by atoms with E-state index in [4.69, 9.17) is 0 Å². The normalized spacial score (nSPS) is 10.4. The summed E-state index contributed by atoms with van der Waals surface area (Å²) >= 11 is 0. The second-order valence-electron chi connectivity index (χ2n) is 3.56. The van der Waals surface area contributed by atoms with Crippen molar-refractivity contribution in [2.75, 3.05) is 7.05 Å². The lowest BCUT2D eigenvalue weighted by Crippen LogP contribution is -2.05. The molecule has 0 atom stereocenters. The largest absolute Gasteiger partial charge is 0.316 e. The summed E-state index contributed by atoms with van der Waals surface area (Å²) in [5.74, 6) is -0.239. The number of halogens is 1. The van der Waals surface area contributed by atoms with Crippen LogP contribution in [0.1, 0.15) is 5.56 Å². The van der Waals surface area contributed by atoms with E-state index in [0.717, 1.165) is 12.1 Å². The lowest BCUT2D eigenvalue weighted by Gasteiger charge is -2.05. The van der Waals surface area contributed by atoms with Crippen LogP contribution in [0.2, 0.25) is 0 Å². The Morgan fingerprint density at radius 3 is 2.81 bits per heavy atom. The molecule has 0 saturated heterocycles. The van der Waals surface area contributed by atoms with Crippen molar-refractivity contribution in [2.24, 2.45) is 0 Å². The summed E-state index contributed by atoms with van der Waals surface area (Å²) in [6.45, 7) is 0.754. The van der Waals surface area contributed by atoms with Gasteiger partial charge in [-0.2, -0.15) is 0 Å². The second kappa shape index (κ2) is 4.86. The Balaban J connectivity index is 2.40. The Hall–Kier alpha value is -1.74. The van der Waals surface area contributed by atoms with Crippen LogP contribution in [0.25, 0.3) is 11.3 Å². The topological polar surface area (TPSA) is 24.9 Å². The molecular weight excluding hydrogens is 203 g/mol. The van der Waals surface area contributed by atoms with Gasteiger partial charge in [0.25, 0.3) is 0 Å². The molecule has 0 fully saturated rings. The van der Waals surface area contributed by atoms with Crippen molar-refractivity contribution in [1.29, 1.82) is 0 Å². The third kappa shape index (κ3) is 2.25. The first-order valence-electron chi connectivity index (χ1n) is 5.15. The van der Waals surface area contributed by atoms with E-state index in [1.807, 2.05) is 25.2 Å². The summed E-state index contributed by atoms with van der Waals surface area (Å²) in [5, 5.41) is 3.06. The first-order valence-corrected chi connectivity index (χ1v) is 5.15. The molecule has 1 aromatic carbocycles. The van der Waals surface area contributed by atoms with Gasteiger partial charge in [0.15, 0.2) is 0 Å². The summed E-state index contributed by atoms with van der Waals surface area (Å²) in [6, 6.07) is 10.5. The minimum Gasteiger partial charge on any atom is -0.316 e. The Morgan fingerprint density at radius 1 is 1.25 bits per heavy atom. The summed E-state index contributed by atoms with van der Waals surface area (Å²) < 4.78 is 13.5. The lowest BCUT2D eigenvalue weighted by atomic mass is 10.1. The van der Waals surface area contributed by atoms with Gasteiger partial charge in [0.05, 0.1) is 5.69 Å². The van der Waals surface area contributed by atoms with Crippen molar-refractivity contribution in [3.05, 3.63) is 54.0 Å². The van der Waals surface area contributed by atoms with Gasteiger partial charge in [-0.3, -0.25) is 4.98 Å². The molecular formula is C13H13FN2. The molecule has 1 aromatic heterocycles. The molecule has 16 heavy (non-hydrogen) atoms. The van der Waals surface area contributed by atoms with E-state index in [2.05, 4.69) is 10.3 Å². The zero-order valence-electron chi connectivity index (χ0n) is 9.07. The number of pyridine rings is 1. The van der Waals surface area contributed by atoms with E-state index >= 15 is 0 Å². The van der Waals surface area contributed by atoms with Crippen LogP contribution in [0.5, 0.6) is 0 Å². The number of rotatable bonds is 3. The minimum absolute atomic E-state index is 0.239. The van der Waals surface area contributed by atoms with Crippen LogP contribution in [-0.4, -0.2) is 12.0 Å². The van der Waals surface area contributed by atoms with Crippen molar-refractivity contribution in [2.45, 2.75) is 6.54 Å². The maximum Gasteiger partial charge on any atom is 0.132 e. The van der Waals surface area contributed by atoms with E-state index in [1.54, 1.807) is 18.3 Å². The van der Waals surface area contributed by atoms with E-state index in [0.29, 0.717) is 11.3 Å². The molecule has 0 bridgehead atoms. The van der Waals surface area contributed by atoms with Crippen LogP contribution in [0.15, 0.2) is 42.6 Å². The molecule has 0 aliphatic heterocycles. The summed E-state index contributed by atoms with van der Waals surface area (Å²) in [6.07, 6.45) is 1.70. The molecule has 0 unspecified atom stereocenters. The molecule has 2 nitrogen and oxygen atoms in total. The number of nitrogens with one attached hydrogen (secondary N) is 1. The first-order chi connectivity index (χ1) is 7.81. The predicted octanol–water partition coefficient (Wildman–Crippen LogP) is 2.61. The molecule has 1 heterocycles. The van der Waals surface area contributed by atoms with E-state index in [-0.39, 0.29) is 5.82 Å². The van der Waals surface area contributed by atoms with E-state index < -0.39 is 0 Å². The monoisotopic (exact) mass is 216 g/mol. The standard InChI is InChI=1S/C13H13FN2/c1-15-9-10-6-7-16-13(8-10)11-4-2-3-5-12(11)14/h2-8,15H,9H2,1H3. The van der Waals surface area contributed by atoms with Crippen LogP contribution < -0.4 is 5.32 Å². The number of benzene rings is 1. The Labute approximate surface area is 94.2 Å².